The molecule has 7 aromatic heterocycles. The largest absolute Gasteiger partial charge is 0.481 e. The number of carboxylic acid groups (broad SMARTS) is 1. The summed E-state index contributed by atoms with van der Waals surface area (Å²) in [5.74, 6) is 0.0265. The molecule has 0 bridgehead atoms. The van der Waals surface area contributed by atoms with Crippen molar-refractivity contribution >= 4 is 120 Å². The van der Waals surface area contributed by atoms with Crippen LogP contribution in [0, 0.1) is 0 Å². The van der Waals surface area contributed by atoms with Gasteiger partial charge in [0.2, 0.25) is 5.91 Å². The van der Waals surface area contributed by atoms with Crippen LogP contribution < -0.4 is 27.4 Å². The average molecular weight is 1430 g/mol. The second kappa shape index (κ2) is 31.2. The van der Waals surface area contributed by atoms with Crippen LogP contribution in [0.1, 0.15) is 110 Å². The summed E-state index contributed by atoms with van der Waals surface area (Å²) in [5.41, 5.74) is 23.9. The van der Waals surface area contributed by atoms with E-state index in [0.29, 0.717) is 70.0 Å². The van der Waals surface area contributed by atoms with Crippen LogP contribution in [0.25, 0.3) is 78.8 Å². The van der Waals surface area contributed by atoms with Gasteiger partial charge in [-0.3, -0.25) is 9.59 Å². The first-order chi connectivity index (χ1) is 47.4. The zero-order valence-corrected chi connectivity index (χ0v) is 58.1. The molecule has 10 N–H and O–H groups in total. The van der Waals surface area contributed by atoms with Crippen molar-refractivity contribution in [1.29, 1.82) is 0 Å². The number of nitrogens with two attached hydrogens (primary N) is 3. The molecule has 0 saturated heterocycles. The summed E-state index contributed by atoms with van der Waals surface area (Å²) in [5, 5.41) is 12.0. The molecule has 0 radical (unpaired) electrons. The van der Waals surface area contributed by atoms with Crippen molar-refractivity contribution in [3.05, 3.63) is 138 Å². The number of imidazole rings is 3. The highest BCUT2D eigenvalue weighted by atomic mass is 79.9. The number of nitrogens with one attached hydrogen (secondary N) is 3. The maximum absolute atomic E-state index is 13.4. The lowest BCUT2D eigenvalue weighted by Gasteiger charge is -2.28. The van der Waals surface area contributed by atoms with Crippen LogP contribution in [0.5, 0.6) is 0 Å². The van der Waals surface area contributed by atoms with Gasteiger partial charge < -0.3 is 61.4 Å². The molecule has 0 unspecified atom stereocenters. The molecular weight excluding hydrogens is 1350 g/mol. The van der Waals surface area contributed by atoms with Gasteiger partial charge in [-0.2, -0.15) is 4.90 Å². The molecule has 100 heavy (non-hydrogen) atoms. The lowest BCUT2D eigenvalue weighted by Crippen LogP contribution is -2.44. The van der Waals surface area contributed by atoms with E-state index in [1.165, 1.54) is 35.8 Å². The van der Waals surface area contributed by atoms with E-state index in [4.69, 9.17) is 36.5 Å². The summed E-state index contributed by atoms with van der Waals surface area (Å²) in [6.07, 6.45) is 10.1. The van der Waals surface area contributed by atoms with E-state index in [0.717, 1.165) is 52.8 Å². The van der Waals surface area contributed by atoms with Crippen LogP contribution in [0.2, 0.25) is 0 Å². The molecule has 9 heterocycles. The van der Waals surface area contributed by atoms with Crippen molar-refractivity contribution < 1.29 is 52.8 Å². The average Bonchev–Trinajstić information content (AvgIpc) is 1.59. The zero-order valence-electron chi connectivity index (χ0n) is 56.5. The number of H-pyrrole nitrogens is 2. The van der Waals surface area contributed by atoms with Gasteiger partial charge in [-0.05, 0) is 145 Å². The highest BCUT2D eigenvalue weighted by Crippen LogP contribution is 2.35. The minimum Gasteiger partial charge on any atom is -0.481 e. The molecule has 2 aliphatic heterocycles. The van der Waals surface area contributed by atoms with Crippen molar-refractivity contribution in [3.8, 4) is 34.6 Å². The zero-order chi connectivity index (χ0) is 72.2. The number of anilines is 4. The van der Waals surface area contributed by atoms with Crippen molar-refractivity contribution in [1.82, 2.24) is 79.6 Å². The van der Waals surface area contributed by atoms with Crippen molar-refractivity contribution in [3.63, 3.8) is 0 Å². The van der Waals surface area contributed by atoms with Gasteiger partial charge in [-0.1, -0.05) is 48.6 Å². The fraction of sp³-hybridized carbons (Fsp3) is 0.309. The smallest absolute Gasteiger partial charge is 0.425 e. The molecule has 3 aromatic carbocycles. The summed E-state index contributed by atoms with van der Waals surface area (Å²) in [4.78, 5) is 130. The highest BCUT2D eigenvalue weighted by molar-refractivity contribution is 9.10. The number of hydrogen-bond acceptors (Lipinski definition) is 25. The number of carboxylic acids is 1. The van der Waals surface area contributed by atoms with Gasteiger partial charge in [-0.15, -0.1) is 0 Å². The fourth-order valence-corrected chi connectivity index (χ4v) is 10.0. The summed E-state index contributed by atoms with van der Waals surface area (Å²) in [6.45, 7) is 17.9. The first-order valence-corrected chi connectivity index (χ1v) is 32.1. The number of aliphatic carboxylic acids is 1. The Bertz CT molecular complexity index is 4660. The molecule has 0 atom stereocenters. The number of esters is 1. The number of imide groups is 1. The first kappa shape index (κ1) is 72.6. The van der Waals surface area contributed by atoms with E-state index in [1.54, 1.807) is 104 Å². The minimum atomic E-state index is -1.04. The van der Waals surface area contributed by atoms with Gasteiger partial charge in [0, 0.05) is 38.4 Å². The number of aromatic nitrogens is 14. The number of halogens is 1. The Balaban J connectivity index is 0.000000166. The number of nitrogen functional groups attached to an aromatic ring is 3. The lowest BCUT2D eigenvalue weighted by atomic mass is 10.0. The van der Waals surface area contributed by atoms with Crippen molar-refractivity contribution in [2.24, 2.45) is 0 Å². The van der Waals surface area contributed by atoms with E-state index in [1.807, 2.05) is 54.6 Å². The molecule has 32 heteroatoms. The SMILES string of the molecule is CC(C)(C)OC(=O)N(C(=O)OC(C)(C)C)c1ncc(Br)nc1-c1nc2ccccc2n1C(=O)OC(C)(C)C.COC(=O)c1nccnc1N.Nc1ncc(C2=CCN(C(=O)CCC(=O)O)CC2)nc1-c1nc2ccccc2[nH]1.Nc1ncc(C2=CCNCC2)nc1-c1nc2ccccc2[nH]1. The molecule has 31 nitrogen and oxygen atoms in total. The molecule has 0 fully saturated rings. The number of benzene rings is 3. The standard InChI is InChI=1S/C26H32BrN5O6.C20H20N6O3.C16H16N6.C6H7N3O2/c1-24(2,3)36-21(33)31-16-13-11-10-12-15(16)29-20(31)18-19(28-14-17(27)30-18)32(22(34)37-25(4,5)6)23(35)38-26(7,8)9;21-19-18(20-24-13-3-1-2-4-14(13)25-20)23-15(11-22-19)12-7-9-26(10-8-12)16(27)5-6-17(28)29;17-15-14(16-21-11-3-1-2-4-12(11)22-16)20-13(9-19-15)10-5-7-18-8-6-10;1-11-6(10)4-5(7)9-3-2-8-4/h10-14H,1-9H3;1-4,7,11H,5-6,8-10H2,(H2,21,22)(H,24,25)(H,28,29);1-5,9,18H,6-8H2,(H2,17,19)(H,21,22);2-3H,1H3,(H2,7,9). The highest BCUT2D eigenvalue weighted by Gasteiger charge is 2.38. The maximum atomic E-state index is 13.4. The van der Waals surface area contributed by atoms with E-state index in [9.17, 15) is 28.8 Å². The summed E-state index contributed by atoms with van der Waals surface area (Å²) in [6, 6.07) is 22.4. The molecule has 3 amide bonds. The maximum Gasteiger partial charge on any atom is 0.425 e. The molecule has 12 rings (SSSR count). The molecule has 0 saturated carbocycles. The van der Waals surface area contributed by atoms with Crippen LogP contribution in [0.3, 0.4) is 0 Å². The topological polar surface area (TPSA) is 434 Å². The fourth-order valence-electron chi connectivity index (χ4n) is 9.76. The number of para-hydroxylation sites is 6. The number of carbonyl (C=O) groups is 6. The van der Waals surface area contributed by atoms with E-state index in [-0.39, 0.29) is 58.0 Å². The number of aromatic amines is 2. The number of ether oxygens (including phenoxy) is 4. The second-order valence-corrected chi connectivity index (χ2v) is 26.1. The lowest BCUT2D eigenvalue weighted by molar-refractivity contribution is -0.140. The van der Waals surface area contributed by atoms with Crippen LogP contribution in [0.4, 0.5) is 37.7 Å². The molecule has 0 spiro atoms. The van der Waals surface area contributed by atoms with Crippen LogP contribution in [-0.2, 0) is 28.5 Å². The number of rotatable bonds is 10. The first-order valence-electron chi connectivity index (χ1n) is 31.3. The van der Waals surface area contributed by atoms with Gasteiger partial charge in [0.1, 0.15) is 32.8 Å². The summed E-state index contributed by atoms with van der Waals surface area (Å²) >= 11 is 3.29. The normalized spacial score (nSPS) is 13.1. The van der Waals surface area contributed by atoms with Crippen LogP contribution in [-0.4, -0.2) is 166 Å². The molecular formula is C68H75BrN20O11. The van der Waals surface area contributed by atoms with Crippen LogP contribution >= 0.6 is 15.9 Å². The van der Waals surface area contributed by atoms with Gasteiger partial charge >= 0.3 is 30.2 Å². The number of nitrogens with zero attached hydrogens (tertiary/aromatic N) is 14. The minimum absolute atomic E-state index is 0.00127. The van der Waals surface area contributed by atoms with Gasteiger partial charge in [0.15, 0.2) is 52.1 Å². The Morgan fingerprint density at radius 2 is 1.14 bits per heavy atom. The predicted molar refractivity (Wildman–Crippen MR) is 377 cm³/mol. The number of methoxy groups -OCH3 is 1. The number of carbonyl (C=O) groups excluding carboxylic acids is 5. The van der Waals surface area contributed by atoms with E-state index in [2.05, 4.69) is 96.9 Å². The van der Waals surface area contributed by atoms with Gasteiger partial charge in [-0.25, -0.2) is 78.6 Å². The monoisotopic (exact) mass is 1430 g/mol. The molecule has 520 valence electrons. The third-order valence-corrected chi connectivity index (χ3v) is 14.6. The predicted octanol–water partition coefficient (Wildman–Crippen LogP) is 10.6. The number of fused-ring (bicyclic) bond motifs is 3. The van der Waals surface area contributed by atoms with Crippen molar-refractivity contribution in [2.45, 2.75) is 105 Å². The number of amides is 3. The van der Waals surface area contributed by atoms with Gasteiger partial charge in [0.25, 0.3) is 0 Å². The van der Waals surface area contributed by atoms with Crippen molar-refractivity contribution in [2.75, 3.05) is 55.4 Å². The third kappa shape index (κ3) is 18.7. The van der Waals surface area contributed by atoms with E-state index >= 15 is 0 Å². The summed E-state index contributed by atoms with van der Waals surface area (Å²) < 4.78 is 22.5. The Labute approximate surface area is 581 Å². The number of hydrogen-bond donors (Lipinski definition) is 7. The molecule has 10 aromatic rings. The molecule has 0 aliphatic carbocycles. The Hall–Kier alpha value is -11.7. The second-order valence-electron chi connectivity index (χ2n) is 25.3. The van der Waals surface area contributed by atoms with Gasteiger partial charge in [0.05, 0.1) is 76.6 Å². The Morgan fingerprint density at radius 3 is 1.64 bits per heavy atom. The van der Waals surface area contributed by atoms with E-state index < -0.39 is 47.0 Å². The summed E-state index contributed by atoms with van der Waals surface area (Å²) in [7, 11) is 1.26. The Kier molecular flexibility index (Phi) is 22.7. The molecule has 2 aliphatic rings. The third-order valence-electron chi connectivity index (χ3n) is 14.2. The Morgan fingerprint density at radius 1 is 0.600 bits per heavy atom. The van der Waals surface area contributed by atoms with Crippen LogP contribution in [0.15, 0.2) is 121 Å². The quantitative estimate of drug-likeness (QED) is 0.0494.